The van der Waals surface area contributed by atoms with Crippen LogP contribution in [-0.2, 0) is 14.4 Å². The van der Waals surface area contributed by atoms with Crippen molar-refractivity contribution in [3.63, 3.8) is 0 Å². The minimum atomic E-state index is -0.953. The van der Waals surface area contributed by atoms with Crippen molar-refractivity contribution in [1.82, 2.24) is 0 Å². The van der Waals surface area contributed by atoms with E-state index in [2.05, 4.69) is 6.92 Å². The summed E-state index contributed by atoms with van der Waals surface area (Å²) in [4.78, 5) is 34.9. The monoisotopic (exact) mass is 516 g/mol. The molecule has 2 fully saturated rings. The molecule has 2 aliphatic rings. The van der Waals surface area contributed by atoms with E-state index in [0.717, 1.165) is 24.1 Å². The van der Waals surface area contributed by atoms with Crippen molar-refractivity contribution in [2.45, 2.75) is 38.8 Å². The average Bonchev–Trinajstić information content (AvgIpc) is 3.46. The summed E-state index contributed by atoms with van der Waals surface area (Å²) >= 11 is 0. The van der Waals surface area contributed by atoms with Crippen molar-refractivity contribution in [1.29, 1.82) is 0 Å². The molecule has 3 aromatic rings. The molecule has 0 aliphatic carbocycles. The van der Waals surface area contributed by atoms with E-state index in [0.29, 0.717) is 36.1 Å². The maximum atomic E-state index is 13.9. The smallest absolute Gasteiger partial charge is 0.266 e. The molecule has 0 radical (unpaired) electrons. The predicted molar refractivity (Wildman–Crippen MR) is 144 cm³/mol. The first-order valence-corrected chi connectivity index (χ1v) is 13.0. The summed E-state index contributed by atoms with van der Waals surface area (Å²) in [5.41, 5.74) is 2.04. The number of ether oxygens (including phenoxy) is 3. The quantitative estimate of drug-likeness (QED) is 0.266. The number of methoxy groups -OCH3 is 1. The first kappa shape index (κ1) is 25.6. The van der Waals surface area contributed by atoms with Gasteiger partial charge >= 0.3 is 0 Å². The second kappa shape index (κ2) is 11.1. The standard InChI is InChI=1S/C30H32N2O6/c1-4-6-18-37-24-17-12-20(19-25(24)36-5-2)27-26-28(38-32(27)22-10-8-7-9-11-22)30(34)31(29(26)33)21-13-15-23(35-3)16-14-21/h7-17,19,26-28H,4-6,18H2,1-3H3/t26-,27-,28-/m1/s1. The summed E-state index contributed by atoms with van der Waals surface area (Å²) < 4.78 is 17.1. The van der Waals surface area contributed by atoms with Gasteiger partial charge in [-0.1, -0.05) is 37.6 Å². The van der Waals surface area contributed by atoms with Gasteiger partial charge in [0.25, 0.3) is 5.91 Å². The Hall–Kier alpha value is -4.04. The van der Waals surface area contributed by atoms with Crippen LogP contribution in [0.25, 0.3) is 0 Å². The SMILES string of the molecule is CCCCOc1ccc([C@@H]2[C@H]3C(=O)N(c4ccc(OC)cc4)C(=O)[C@@H]3ON2c2ccccc2)cc1OCC. The van der Waals surface area contributed by atoms with Crippen LogP contribution < -0.4 is 24.2 Å². The zero-order chi connectivity index (χ0) is 26.6. The number of hydroxylamine groups is 1. The Kier molecular flexibility index (Phi) is 7.51. The summed E-state index contributed by atoms with van der Waals surface area (Å²) in [6.07, 6.45) is 1.01. The second-order valence-corrected chi connectivity index (χ2v) is 9.21. The molecular weight excluding hydrogens is 484 g/mol. The number of para-hydroxylation sites is 1. The number of anilines is 2. The molecule has 2 heterocycles. The van der Waals surface area contributed by atoms with Gasteiger partial charge in [0.15, 0.2) is 17.6 Å². The Morgan fingerprint density at radius 1 is 0.842 bits per heavy atom. The molecule has 8 nitrogen and oxygen atoms in total. The first-order valence-electron chi connectivity index (χ1n) is 13.0. The summed E-state index contributed by atoms with van der Waals surface area (Å²) in [6.45, 7) is 5.08. The second-order valence-electron chi connectivity index (χ2n) is 9.21. The highest BCUT2D eigenvalue weighted by Gasteiger charge is 2.60. The Balaban J connectivity index is 1.54. The van der Waals surface area contributed by atoms with Crippen molar-refractivity contribution in [3.05, 3.63) is 78.4 Å². The van der Waals surface area contributed by atoms with Gasteiger partial charge in [0, 0.05) is 0 Å². The molecule has 0 unspecified atom stereocenters. The zero-order valence-corrected chi connectivity index (χ0v) is 21.8. The number of carbonyl (C=O) groups excluding carboxylic acids is 2. The van der Waals surface area contributed by atoms with Crippen LogP contribution in [0, 0.1) is 5.92 Å². The Morgan fingerprint density at radius 2 is 1.61 bits per heavy atom. The largest absolute Gasteiger partial charge is 0.497 e. The summed E-state index contributed by atoms with van der Waals surface area (Å²) in [6, 6.07) is 21.5. The van der Waals surface area contributed by atoms with Crippen LogP contribution in [0.4, 0.5) is 11.4 Å². The summed E-state index contributed by atoms with van der Waals surface area (Å²) in [7, 11) is 1.57. The predicted octanol–water partition coefficient (Wildman–Crippen LogP) is 5.32. The number of unbranched alkanes of at least 4 members (excludes halogenated alkanes) is 1. The molecule has 2 saturated heterocycles. The number of fused-ring (bicyclic) bond motifs is 1. The van der Waals surface area contributed by atoms with E-state index in [9.17, 15) is 9.59 Å². The van der Waals surface area contributed by atoms with Gasteiger partial charge in [0.1, 0.15) is 11.7 Å². The third kappa shape index (κ3) is 4.67. The van der Waals surface area contributed by atoms with Gasteiger partial charge in [-0.2, -0.15) is 0 Å². The van der Waals surface area contributed by atoms with E-state index in [4.69, 9.17) is 19.0 Å². The number of hydrogen-bond donors (Lipinski definition) is 0. The molecule has 0 N–H and O–H groups in total. The first-order chi connectivity index (χ1) is 18.6. The third-order valence-corrected chi connectivity index (χ3v) is 6.82. The minimum absolute atomic E-state index is 0.310. The van der Waals surface area contributed by atoms with Crippen molar-refractivity contribution in [2.24, 2.45) is 5.92 Å². The van der Waals surface area contributed by atoms with Crippen molar-refractivity contribution < 1.29 is 28.6 Å². The molecule has 3 aromatic carbocycles. The average molecular weight is 517 g/mol. The third-order valence-electron chi connectivity index (χ3n) is 6.82. The van der Waals surface area contributed by atoms with Gasteiger partial charge in [-0.15, -0.1) is 0 Å². The van der Waals surface area contributed by atoms with Gasteiger partial charge in [0.05, 0.1) is 37.7 Å². The zero-order valence-electron chi connectivity index (χ0n) is 21.8. The van der Waals surface area contributed by atoms with E-state index in [1.54, 1.807) is 36.4 Å². The molecule has 38 heavy (non-hydrogen) atoms. The molecular formula is C30H32N2O6. The van der Waals surface area contributed by atoms with Gasteiger partial charge in [-0.05, 0) is 67.4 Å². The van der Waals surface area contributed by atoms with Crippen LogP contribution in [0.1, 0.15) is 38.3 Å². The number of hydrogen-bond acceptors (Lipinski definition) is 7. The minimum Gasteiger partial charge on any atom is -0.497 e. The Labute approximate surface area is 222 Å². The highest BCUT2D eigenvalue weighted by atomic mass is 16.7. The Bertz CT molecular complexity index is 1280. The molecule has 0 bridgehead atoms. The number of carbonyl (C=O) groups is 2. The normalized spacial score (nSPS) is 20.6. The fourth-order valence-corrected chi connectivity index (χ4v) is 4.96. The number of imide groups is 1. The molecule has 2 aliphatic heterocycles. The van der Waals surface area contributed by atoms with Crippen LogP contribution in [0.2, 0.25) is 0 Å². The number of rotatable bonds is 10. The highest BCUT2D eigenvalue weighted by molar-refractivity contribution is 6.23. The summed E-state index contributed by atoms with van der Waals surface area (Å²) in [5.74, 6) is 0.446. The lowest BCUT2D eigenvalue weighted by Crippen LogP contribution is -2.37. The van der Waals surface area contributed by atoms with Crippen LogP contribution in [0.3, 0.4) is 0 Å². The fraction of sp³-hybridized carbons (Fsp3) is 0.333. The lowest BCUT2D eigenvalue weighted by atomic mass is 9.90. The van der Waals surface area contributed by atoms with E-state index in [-0.39, 0.29) is 5.91 Å². The topological polar surface area (TPSA) is 77.5 Å². The lowest BCUT2D eigenvalue weighted by molar-refractivity contribution is -0.126. The molecule has 3 atom stereocenters. The fourth-order valence-electron chi connectivity index (χ4n) is 4.96. The van der Waals surface area contributed by atoms with Crippen LogP contribution in [0.5, 0.6) is 17.2 Å². The van der Waals surface area contributed by atoms with Crippen molar-refractivity contribution in [3.8, 4) is 17.2 Å². The molecule has 198 valence electrons. The maximum Gasteiger partial charge on any atom is 0.266 e. The molecule has 5 rings (SSSR count). The van der Waals surface area contributed by atoms with Gasteiger partial charge in [-0.3, -0.25) is 14.4 Å². The van der Waals surface area contributed by atoms with Crippen LogP contribution in [-0.4, -0.2) is 38.2 Å². The molecule has 8 heteroatoms. The van der Waals surface area contributed by atoms with E-state index in [1.165, 1.54) is 4.90 Å². The van der Waals surface area contributed by atoms with Gasteiger partial charge in [0.2, 0.25) is 5.91 Å². The molecule has 0 saturated carbocycles. The maximum absolute atomic E-state index is 13.9. The van der Waals surface area contributed by atoms with E-state index < -0.39 is 24.0 Å². The van der Waals surface area contributed by atoms with Gasteiger partial charge in [-0.25, -0.2) is 9.96 Å². The van der Waals surface area contributed by atoms with Crippen molar-refractivity contribution >= 4 is 23.2 Å². The number of nitrogens with zero attached hydrogens (tertiary/aromatic N) is 2. The van der Waals surface area contributed by atoms with Crippen LogP contribution >= 0.6 is 0 Å². The number of benzene rings is 3. The van der Waals surface area contributed by atoms with Crippen molar-refractivity contribution in [2.75, 3.05) is 30.3 Å². The molecule has 0 aromatic heterocycles. The van der Waals surface area contributed by atoms with E-state index in [1.807, 2.05) is 55.5 Å². The molecule has 2 amide bonds. The lowest BCUT2D eigenvalue weighted by Gasteiger charge is -2.29. The molecule has 0 spiro atoms. The van der Waals surface area contributed by atoms with Gasteiger partial charge < -0.3 is 14.2 Å². The number of amides is 2. The summed E-state index contributed by atoms with van der Waals surface area (Å²) in [5, 5.41) is 1.68. The van der Waals surface area contributed by atoms with E-state index >= 15 is 0 Å². The highest BCUT2D eigenvalue weighted by Crippen LogP contribution is 2.48. The Morgan fingerprint density at radius 3 is 2.29 bits per heavy atom. The van der Waals surface area contributed by atoms with Crippen LogP contribution in [0.15, 0.2) is 72.8 Å².